The Kier molecular flexibility index (Phi) is 6.27. The van der Waals surface area contributed by atoms with Gasteiger partial charge >= 0.3 is 0 Å². The van der Waals surface area contributed by atoms with Crippen LogP contribution in [-0.2, 0) is 22.4 Å². The van der Waals surface area contributed by atoms with Gasteiger partial charge in [-0.1, -0.05) is 47.7 Å². The molecule has 7 nitrogen and oxygen atoms in total. The number of nitrogens with zero attached hydrogens (tertiary/aromatic N) is 3. The average molecular weight is 437 g/mol. The van der Waals surface area contributed by atoms with E-state index < -0.39 is 5.92 Å². The molecule has 2 amide bonds. The van der Waals surface area contributed by atoms with Gasteiger partial charge in [-0.3, -0.25) is 9.59 Å². The zero-order valence-corrected chi connectivity index (χ0v) is 18.3. The van der Waals surface area contributed by atoms with Gasteiger partial charge in [0, 0.05) is 19.4 Å². The smallest absolute Gasteiger partial charge is 0.231 e. The molecule has 31 heavy (non-hydrogen) atoms. The van der Waals surface area contributed by atoms with Gasteiger partial charge in [-0.05, 0) is 36.6 Å². The van der Waals surface area contributed by atoms with Gasteiger partial charge < -0.3 is 15.0 Å². The zero-order valence-electron chi connectivity index (χ0n) is 17.5. The fourth-order valence-electron chi connectivity index (χ4n) is 3.64. The van der Waals surface area contributed by atoms with E-state index in [9.17, 15) is 9.59 Å². The van der Waals surface area contributed by atoms with E-state index in [1.165, 1.54) is 16.9 Å². The number of amides is 2. The molecule has 1 aliphatic rings. The van der Waals surface area contributed by atoms with E-state index in [-0.39, 0.29) is 18.2 Å². The van der Waals surface area contributed by atoms with E-state index in [1.807, 2.05) is 43.3 Å². The summed E-state index contributed by atoms with van der Waals surface area (Å²) in [7, 11) is 1.57. The van der Waals surface area contributed by atoms with Gasteiger partial charge in [-0.15, -0.1) is 10.2 Å². The SMILES string of the molecule is COc1ccc(C)cc1N1CC(C(=O)Nc2nnc(CCc3ccccc3)s2)CC1=O. The van der Waals surface area contributed by atoms with Crippen LogP contribution in [0.1, 0.15) is 22.6 Å². The molecule has 0 spiro atoms. The summed E-state index contributed by atoms with van der Waals surface area (Å²) in [4.78, 5) is 27.0. The Morgan fingerprint density at radius 1 is 1.19 bits per heavy atom. The summed E-state index contributed by atoms with van der Waals surface area (Å²) >= 11 is 1.37. The number of carbonyl (C=O) groups is 2. The minimum absolute atomic E-state index is 0.0927. The average Bonchev–Trinajstić information content (AvgIpc) is 3.39. The van der Waals surface area contributed by atoms with Crippen LogP contribution in [0.25, 0.3) is 0 Å². The molecular weight excluding hydrogens is 412 g/mol. The van der Waals surface area contributed by atoms with Crippen molar-refractivity contribution in [3.63, 3.8) is 0 Å². The van der Waals surface area contributed by atoms with Crippen molar-refractivity contribution in [1.82, 2.24) is 10.2 Å². The minimum Gasteiger partial charge on any atom is -0.495 e. The number of aryl methyl sites for hydroxylation is 3. The summed E-state index contributed by atoms with van der Waals surface area (Å²) in [6.45, 7) is 2.27. The summed E-state index contributed by atoms with van der Waals surface area (Å²) in [5, 5.41) is 12.4. The molecule has 2 heterocycles. The second-order valence-electron chi connectivity index (χ2n) is 7.56. The molecule has 160 valence electrons. The zero-order chi connectivity index (χ0) is 21.8. The monoisotopic (exact) mass is 436 g/mol. The van der Waals surface area contributed by atoms with E-state index in [4.69, 9.17) is 4.74 Å². The lowest BCUT2D eigenvalue weighted by atomic mass is 10.1. The third-order valence-electron chi connectivity index (χ3n) is 5.29. The molecule has 4 rings (SSSR count). The van der Waals surface area contributed by atoms with Gasteiger partial charge in [0.15, 0.2) is 0 Å². The molecule has 1 fully saturated rings. The van der Waals surface area contributed by atoms with Crippen molar-refractivity contribution < 1.29 is 14.3 Å². The predicted molar refractivity (Wildman–Crippen MR) is 121 cm³/mol. The second-order valence-corrected chi connectivity index (χ2v) is 8.62. The lowest BCUT2D eigenvalue weighted by molar-refractivity contribution is -0.122. The summed E-state index contributed by atoms with van der Waals surface area (Å²) < 4.78 is 5.40. The summed E-state index contributed by atoms with van der Waals surface area (Å²) in [6.07, 6.45) is 1.79. The van der Waals surface area contributed by atoms with Crippen LogP contribution in [0.4, 0.5) is 10.8 Å². The van der Waals surface area contributed by atoms with E-state index in [2.05, 4.69) is 27.6 Å². The third-order valence-corrected chi connectivity index (χ3v) is 6.19. The molecule has 1 aromatic heterocycles. The van der Waals surface area contributed by atoms with E-state index in [0.29, 0.717) is 23.1 Å². The molecule has 1 aliphatic heterocycles. The normalized spacial score (nSPS) is 15.9. The van der Waals surface area contributed by atoms with Crippen molar-refractivity contribution in [2.45, 2.75) is 26.2 Å². The van der Waals surface area contributed by atoms with E-state index >= 15 is 0 Å². The molecule has 0 saturated carbocycles. The molecule has 3 aromatic rings. The quantitative estimate of drug-likeness (QED) is 0.611. The summed E-state index contributed by atoms with van der Waals surface area (Å²) in [5.41, 5.74) is 2.95. The highest BCUT2D eigenvalue weighted by molar-refractivity contribution is 7.15. The topological polar surface area (TPSA) is 84.4 Å². The Morgan fingerprint density at radius 2 is 2.00 bits per heavy atom. The van der Waals surface area contributed by atoms with Gasteiger partial charge in [-0.25, -0.2) is 0 Å². The number of aromatic nitrogens is 2. The van der Waals surface area contributed by atoms with Crippen molar-refractivity contribution in [2.75, 3.05) is 23.9 Å². The fourth-order valence-corrected chi connectivity index (χ4v) is 4.38. The highest BCUT2D eigenvalue weighted by Gasteiger charge is 2.36. The van der Waals surface area contributed by atoms with E-state index in [0.717, 1.165) is 23.4 Å². The van der Waals surface area contributed by atoms with Crippen molar-refractivity contribution in [3.8, 4) is 5.75 Å². The Balaban J connectivity index is 1.37. The Labute approximate surface area is 185 Å². The first-order valence-corrected chi connectivity index (χ1v) is 11.0. The van der Waals surface area contributed by atoms with Crippen molar-refractivity contribution in [1.29, 1.82) is 0 Å². The first-order valence-electron chi connectivity index (χ1n) is 10.2. The summed E-state index contributed by atoms with van der Waals surface area (Å²) in [6, 6.07) is 15.8. The maximum Gasteiger partial charge on any atom is 0.231 e. The predicted octanol–water partition coefficient (Wildman–Crippen LogP) is 3.63. The Hall–Kier alpha value is -3.26. The molecule has 8 heteroatoms. The van der Waals surface area contributed by atoms with Crippen molar-refractivity contribution >= 4 is 34.0 Å². The first-order chi connectivity index (χ1) is 15.0. The molecule has 0 bridgehead atoms. The Bertz CT molecular complexity index is 1080. The highest BCUT2D eigenvalue weighted by Crippen LogP contribution is 2.34. The molecule has 0 radical (unpaired) electrons. The minimum atomic E-state index is -0.450. The van der Waals surface area contributed by atoms with Crippen LogP contribution in [-0.4, -0.2) is 35.7 Å². The number of carbonyl (C=O) groups excluding carboxylic acids is 2. The number of ether oxygens (including phenoxy) is 1. The standard InChI is InChI=1S/C23H24N4O3S/c1-15-8-10-19(30-2)18(12-15)27-14-17(13-21(27)28)22(29)24-23-26-25-20(31-23)11-9-16-6-4-3-5-7-16/h3-8,10,12,17H,9,11,13-14H2,1-2H3,(H,24,26,29). The van der Waals surface area contributed by atoms with Crippen LogP contribution in [0.3, 0.4) is 0 Å². The van der Waals surface area contributed by atoms with Crippen molar-refractivity contribution in [3.05, 3.63) is 64.7 Å². The van der Waals surface area contributed by atoms with Gasteiger partial charge in [0.25, 0.3) is 0 Å². The highest BCUT2D eigenvalue weighted by atomic mass is 32.1. The van der Waals surface area contributed by atoms with Gasteiger partial charge in [0.05, 0.1) is 18.7 Å². The van der Waals surface area contributed by atoms with Crippen LogP contribution in [0.15, 0.2) is 48.5 Å². The maximum atomic E-state index is 12.8. The van der Waals surface area contributed by atoms with E-state index in [1.54, 1.807) is 12.0 Å². The Morgan fingerprint density at radius 3 is 2.77 bits per heavy atom. The fraction of sp³-hybridized carbons (Fsp3) is 0.304. The maximum absolute atomic E-state index is 12.8. The van der Waals surface area contributed by atoms with Crippen LogP contribution in [0, 0.1) is 12.8 Å². The number of hydrogen-bond acceptors (Lipinski definition) is 6. The number of benzene rings is 2. The van der Waals surface area contributed by atoms with Crippen LogP contribution >= 0.6 is 11.3 Å². The van der Waals surface area contributed by atoms with Crippen LogP contribution in [0.5, 0.6) is 5.75 Å². The van der Waals surface area contributed by atoms with Crippen molar-refractivity contribution in [2.24, 2.45) is 5.92 Å². The lowest BCUT2D eigenvalue weighted by Gasteiger charge is -2.20. The second kappa shape index (κ2) is 9.26. The molecule has 2 aromatic carbocycles. The largest absolute Gasteiger partial charge is 0.495 e. The third kappa shape index (κ3) is 4.91. The molecular formula is C23H24N4O3S. The molecule has 1 atom stereocenters. The molecule has 1 saturated heterocycles. The first kappa shape index (κ1) is 21.0. The number of methoxy groups -OCH3 is 1. The molecule has 0 aliphatic carbocycles. The van der Waals surface area contributed by atoms with Crippen LogP contribution in [0.2, 0.25) is 0 Å². The molecule has 1 unspecified atom stereocenters. The molecule has 1 N–H and O–H groups in total. The van der Waals surface area contributed by atoms with Crippen LogP contribution < -0.4 is 15.0 Å². The van der Waals surface area contributed by atoms with Gasteiger partial charge in [0.1, 0.15) is 10.8 Å². The van der Waals surface area contributed by atoms with Gasteiger partial charge in [-0.2, -0.15) is 0 Å². The number of nitrogens with one attached hydrogen (secondary N) is 1. The lowest BCUT2D eigenvalue weighted by Crippen LogP contribution is -2.28. The number of rotatable bonds is 7. The van der Waals surface area contributed by atoms with Gasteiger partial charge in [0.2, 0.25) is 16.9 Å². The number of hydrogen-bond donors (Lipinski definition) is 1. The number of anilines is 2. The summed E-state index contributed by atoms with van der Waals surface area (Å²) in [5.74, 6) is -0.139.